The topological polar surface area (TPSA) is 34.0 Å². The lowest BCUT2D eigenvalue weighted by molar-refractivity contribution is 0.170. The highest BCUT2D eigenvalue weighted by Crippen LogP contribution is 2.37. The maximum atomic E-state index is 4.58. The molecule has 3 aromatic rings. The Balaban J connectivity index is 1.70. The van der Waals surface area contributed by atoms with E-state index in [-0.39, 0.29) is 5.41 Å². The lowest BCUT2D eigenvalue weighted by Crippen LogP contribution is -2.43. The molecule has 25 heavy (non-hydrogen) atoms. The summed E-state index contributed by atoms with van der Waals surface area (Å²) in [7, 11) is 2.21. The zero-order chi connectivity index (χ0) is 17.1. The lowest BCUT2D eigenvalue weighted by atomic mass is 9.72. The van der Waals surface area contributed by atoms with Gasteiger partial charge in [0, 0.05) is 30.6 Å². The van der Waals surface area contributed by atoms with Gasteiger partial charge in [0.2, 0.25) is 0 Å². The van der Waals surface area contributed by atoms with E-state index in [2.05, 4.69) is 63.0 Å². The number of hydrogen-bond acceptors (Lipinski definition) is 3. The van der Waals surface area contributed by atoms with Gasteiger partial charge in [-0.1, -0.05) is 36.4 Å². The molecule has 1 saturated heterocycles. The molecule has 0 amide bonds. The molecule has 3 heterocycles. The summed E-state index contributed by atoms with van der Waals surface area (Å²) in [5.41, 5.74) is 2.52. The predicted octanol–water partition coefficient (Wildman–Crippen LogP) is 3.61. The molecule has 1 aromatic carbocycles. The van der Waals surface area contributed by atoms with Crippen LogP contribution >= 0.6 is 0 Å². The summed E-state index contributed by atoms with van der Waals surface area (Å²) in [5, 5.41) is 0. The fourth-order valence-electron chi connectivity index (χ4n) is 3.87. The van der Waals surface area contributed by atoms with Crippen molar-refractivity contribution in [2.24, 2.45) is 0 Å². The Kier molecular flexibility index (Phi) is 4.36. The summed E-state index contributed by atoms with van der Waals surface area (Å²) < 4.78 is 2.28. The highest BCUT2D eigenvalue weighted by atomic mass is 15.1. The van der Waals surface area contributed by atoms with Gasteiger partial charge in [-0.25, -0.2) is 4.98 Å². The van der Waals surface area contributed by atoms with Crippen molar-refractivity contribution in [3.05, 3.63) is 72.7 Å². The summed E-state index contributed by atoms with van der Waals surface area (Å²) in [6.45, 7) is 3.20. The van der Waals surface area contributed by atoms with Crippen LogP contribution in [-0.4, -0.2) is 39.6 Å². The molecule has 1 fully saturated rings. The number of piperidine rings is 1. The van der Waals surface area contributed by atoms with Gasteiger partial charge in [-0.05, 0) is 50.7 Å². The fraction of sp³-hybridized carbons (Fsp3) is 0.333. The molecule has 0 radical (unpaired) electrons. The molecule has 0 unspecified atom stereocenters. The molecule has 4 heteroatoms. The standard InChI is InChI=1S/C21H24N4/c1-24-14-10-21(11-15-24,18-7-3-2-4-8-18)17-25-16-13-23-20(25)19-9-5-6-12-22-19/h2-9,12-13,16H,10-11,14-15,17H2,1H3. The molecule has 4 nitrogen and oxygen atoms in total. The zero-order valence-corrected chi connectivity index (χ0v) is 14.7. The average molecular weight is 332 g/mol. The van der Waals surface area contributed by atoms with Crippen molar-refractivity contribution in [1.29, 1.82) is 0 Å². The van der Waals surface area contributed by atoms with Gasteiger partial charge in [-0.2, -0.15) is 0 Å². The van der Waals surface area contributed by atoms with E-state index in [1.54, 1.807) is 0 Å². The minimum absolute atomic E-state index is 0.151. The number of hydrogen-bond donors (Lipinski definition) is 0. The van der Waals surface area contributed by atoms with E-state index in [4.69, 9.17) is 0 Å². The van der Waals surface area contributed by atoms with Crippen molar-refractivity contribution in [3.8, 4) is 11.5 Å². The molecule has 0 N–H and O–H groups in total. The van der Waals surface area contributed by atoms with Crippen molar-refractivity contribution in [3.63, 3.8) is 0 Å². The smallest absolute Gasteiger partial charge is 0.158 e. The zero-order valence-electron chi connectivity index (χ0n) is 14.7. The van der Waals surface area contributed by atoms with Crippen molar-refractivity contribution in [2.45, 2.75) is 24.8 Å². The second-order valence-electron chi connectivity index (χ2n) is 7.04. The Hall–Kier alpha value is -2.46. The van der Waals surface area contributed by atoms with E-state index in [0.717, 1.165) is 44.0 Å². The quantitative estimate of drug-likeness (QED) is 0.732. The third kappa shape index (κ3) is 3.22. The van der Waals surface area contributed by atoms with Gasteiger partial charge in [-0.3, -0.25) is 4.98 Å². The van der Waals surface area contributed by atoms with Crippen LogP contribution in [0.5, 0.6) is 0 Å². The van der Waals surface area contributed by atoms with E-state index in [0.29, 0.717) is 0 Å². The van der Waals surface area contributed by atoms with Crippen LogP contribution in [0.3, 0.4) is 0 Å². The largest absolute Gasteiger partial charge is 0.329 e. The third-order valence-electron chi connectivity index (χ3n) is 5.41. The Morgan fingerprint density at radius 1 is 0.920 bits per heavy atom. The van der Waals surface area contributed by atoms with E-state index in [1.807, 2.05) is 30.6 Å². The maximum absolute atomic E-state index is 4.58. The van der Waals surface area contributed by atoms with Crippen LogP contribution in [0.2, 0.25) is 0 Å². The first-order chi connectivity index (χ1) is 12.3. The number of pyridine rings is 1. The van der Waals surface area contributed by atoms with Gasteiger partial charge in [0.05, 0.1) is 0 Å². The number of nitrogens with zero attached hydrogens (tertiary/aromatic N) is 4. The molecular weight excluding hydrogens is 308 g/mol. The first kappa shape index (κ1) is 16.0. The lowest BCUT2D eigenvalue weighted by Gasteiger charge is -2.41. The Bertz CT molecular complexity index is 802. The van der Waals surface area contributed by atoms with E-state index in [9.17, 15) is 0 Å². The van der Waals surface area contributed by atoms with Gasteiger partial charge in [0.25, 0.3) is 0 Å². The molecular formula is C21H24N4. The van der Waals surface area contributed by atoms with Crippen molar-refractivity contribution >= 4 is 0 Å². The van der Waals surface area contributed by atoms with Crippen LogP contribution in [0.15, 0.2) is 67.1 Å². The van der Waals surface area contributed by atoms with Crippen molar-refractivity contribution < 1.29 is 0 Å². The van der Waals surface area contributed by atoms with E-state index >= 15 is 0 Å². The van der Waals surface area contributed by atoms with Crippen LogP contribution in [0.25, 0.3) is 11.5 Å². The SMILES string of the molecule is CN1CCC(Cn2ccnc2-c2ccccn2)(c2ccccc2)CC1. The average Bonchev–Trinajstić information content (AvgIpc) is 3.13. The summed E-state index contributed by atoms with van der Waals surface area (Å²) in [6.07, 6.45) is 8.13. The minimum atomic E-state index is 0.151. The second kappa shape index (κ2) is 6.81. The van der Waals surface area contributed by atoms with Gasteiger partial charge in [-0.15, -0.1) is 0 Å². The van der Waals surface area contributed by atoms with Crippen LogP contribution in [0.4, 0.5) is 0 Å². The van der Waals surface area contributed by atoms with E-state index < -0.39 is 0 Å². The monoisotopic (exact) mass is 332 g/mol. The number of likely N-dealkylation sites (tertiary alicyclic amines) is 1. The number of aromatic nitrogens is 3. The van der Waals surface area contributed by atoms with Crippen LogP contribution in [-0.2, 0) is 12.0 Å². The number of rotatable bonds is 4. The van der Waals surface area contributed by atoms with Gasteiger partial charge >= 0.3 is 0 Å². The second-order valence-corrected chi connectivity index (χ2v) is 7.04. The highest BCUT2D eigenvalue weighted by molar-refractivity contribution is 5.49. The Morgan fingerprint density at radius 2 is 1.68 bits per heavy atom. The molecule has 1 aliphatic heterocycles. The van der Waals surface area contributed by atoms with Gasteiger partial charge in [0.1, 0.15) is 5.69 Å². The number of benzene rings is 1. The molecule has 0 aliphatic carbocycles. The first-order valence-corrected chi connectivity index (χ1v) is 8.93. The van der Waals surface area contributed by atoms with Crippen LogP contribution < -0.4 is 0 Å². The molecule has 1 aliphatic rings. The first-order valence-electron chi connectivity index (χ1n) is 8.93. The number of imidazole rings is 1. The van der Waals surface area contributed by atoms with Crippen LogP contribution in [0, 0.1) is 0 Å². The van der Waals surface area contributed by atoms with Crippen molar-refractivity contribution in [2.75, 3.05) is 20.1 Å². The fourth-order valence-corrected chi connectivity index (χ4v) is 3.87. The molecule has 2 aromatic heterocycles. The molecule has 0 saturated carbocycles. The van der Waals surface area contributed by atoms with Crippen LogP contribution in [0.1, 0.15) is 18.4 Å². The van der Waals surface area contributed by atoms with Gasteiger partial charge in [0.15, 0.2) is 5.82 Å². The Labute approximate surface area is 149 Å². The molecule has 4 rings (SSSR count). The maximum Gasteiger partial charge on any atom is 0.158 e. The molecule has 0 atom stereocenters. The minimum Gasteiger partial charge on any atom is -0.329 e. The molecule has 0 bridgehead atoms. The Morgan fingerprint density at radius 3 is 2.40 bits per heavy atom. The third-order valence-corrected chi connectivity index (χ3v) is 5.41. The molecule has 128 valence electrons. The van der Waals surface area contributed by atoms with Gasteiger partial charge < -0.3 is 9.47 Å². The van der Waals surface area contributed by atoms with Crippen molar-refractivity contribution in [1.82, 2.24) is 19.4 Å². The predicted molar refractivity (Wildman–Crippen MR) is 100 cm³/mol. The molecule has 0 spiro atoms. The normalized spacial score (nSPS) is 17.5. The van der Waals surface area contributed by atoms with E-state index in [1.165, 1.54) is 5.56 Å². The highest BCUT2D eigenvalue weighted by Gasteiger charge is 2.36. The summed E-state index contributed by atoms with van der Waals surface area (Å²) in [6, 6.07) is 17.0. The summed E-state index contributed by atoms with van der Waals surface area (Å²) in [5.74, 6) is 0.954. The summed E-state index contributed by atoms with van der Waals surface area (Å²) >= 11 is 0. The summed E-state index contributed by atoms with van der Waals surface area (Å²) in [4.78, 5) is 11.5.